The van der Waals surface area contributed by atoms with Gasteiger partial charge in [-0.15, -0.1) is 12.4 Å². The van der Waals surface area contributed by atoms with Gasteiger partial charge < -0.3 is 5.11 Å². The first-order valence-corrected chi connectivity index (χ1v) is 7.97. The van der Waals surface area contributed by atoms with Crippen LogP contribution in [0.1, 0.15) is 25.0 Å². The van der Waals surface area contributed by atoms with Crippen LogP contribution in [-0.4, -0.2) is 30.1 Å². The van der Waals surface area contributed by atoms with Crippen molar-refractivity contribution >= 4 is 12.4 Å². The standard InChI is InChI=1S/C21H25NO.ClH/c1-17(2)20(22(3)4)15-16-21(23,18-11-7-5-8-12-18)19-13-9-6-10-14-19;/h5-14,17,20,23H,1-4H3;1H. The summed E-state index contributed by atoms with van der Waals surface area (Å²) in [6, 6.07) is 19.4. The van der Waals surface area contributed by atoms with Crippen molar-refractivity contribution in [1.82, 2.24) is 4.90 Å². The molecular formula is C21H26ClNO. The van der Waals surface area contributed by atoms with Crippen molar-refractivity contribution in [1.29, 1.82) is 0 Å². The van der Waals surface area contributed by atoms with Crippen LogP contribution in [0, 0.1) is 17.8 Å². The zero-order chi connectivity index (χ0) is 16.9. The smallest absolute Gasteiger partial charge is 0.176 e. The van der Waals surface area contributed by atoms with Gasteiger partial charge in [0.25, 0.3) is 0 Å². The molecule has 1 atom stereocenters. The fraction of sp³-hybridized carbons (Fsp3) is 0.333. The third-order valence-corrected chi connectivity index (χ3v) is 3.97. The van der Waals surface area contributed by atoms with Gasteiger partial charge in [-0.1, -0.05) is 86.4 Å². The van der Waals surface area contributed by atoms with Crippen LogP contribution in [0.25, 0.3) is 0 Å². The second-order valence-corrected chi connectivity index (χ2v) is 6.36. The van der Waals surface area contributed by atoms with Gasteiger partial charge in [0.2, 0.25) is 0 Å². The van der Waals surface area contributed by atoms with E-state index in [9.17, 15) is 5.11 Å². The lowest BCUT2D eigenvalue weighted by Crippen LogP contribution is -2.33. The number of halogens is 1. The summed E-state index contributed by atoms with van der Waals surface area (Å²) in [4.78, 5) is 2.09. The molecule has 0 bridgehead atoms. The first-order chi connectivity index (χ1) is 10.9. The van der Waals surface area contributed by atoms with Crippen molar-refractivity contribution < 1.29 is 5.11 Å². The van der Waals surface area contributed by atoms with Crippen molar-refractivity contribution in [3.63, 3.8) is 0 Å². The topological polar surface area (TPSA) is 23.5 Å². The normalized spacial score (nSPS) is 12.3. The minimum absolute atomic E-state index is 0. The highest BCUT2D eigenvalue weighted by atomic mass is 35.5. The molecule has 2 rings (SSSR count). The molecule has 0 aromatic heterocycles. The molecule has 0 aliphatic heterocycles. The summed E-state index contributed by atoms with van der Waals surface area (Å²) >= 11 is 0. The number of rotatable bonds is 4. The zero-order valence-corrected chi connectivity index (χ0v) is 15.5. The van der Waals surface area contributed by atoms with E-state index >= 15 is 0 Å². The Bertz CT molecular complexity index is 624. The molecule has 0 saturated carbocycles. The SMILES string of the molecule is CC(C)C(C#CC(O)(c1ccccc1)c1ccccc1)N(C)C.Cl. The molecular weight excluding hydrogens is 318 g/mol. The van der Waals surface area contributed by atoms with Crippen LogP contribution < -0.4 is 0 Å². The van der Waals surface area contributed by atoms with E-state index in [4.69, 9.17) is 0 Å². The van der Waals surface area contributed by atoms with Gasteiger partial charge in [-0.2, -0.15) is 0 Å². The summed E-state index contributed by atoms with van der Waals surface area (Å²) in [5.41, 5.74) is 0.283. The number of aliphatic hydroxyl groups is 1. The first kappa shape index (κ1) is 20.3. The maximum Gasteiger partial charge on any atom is 0.176 e. The van der Waals surface area contributed by atoms with E-state index < -0.39 is 5.60 Å². The maximum atomic E-state index is 11.4. The fourth-order valence-electron chi connectivity index (χ4n) is 2.74. The van der Waals surface area contributed by atoms with Crippen LogP contribution in [0.2, 0.25) is 0 Å². The monoisotopic (exact) mass is 343 g/mol. The number of benzene rings is 2. The summed E-state index contributed by atoms with van der Waals surface area (Å²) < 4.78 is 0. The van der Waals surface area contributed by atoms with E-state index in [0.717, 1.165) is 11.1 Å². The van der Waals surface area contributed by atoms with Gasteiger partial charge >= 0.3 is 0 Å². The third-order valence-electron chi connectivity index (χ3n) is 3.97. The second-order valence-electron chi connectivity index (χ2n) is 6.36. The van der Waals surface area contributed by atoms with Gasteiger partial charge in [0.05, 0.1) is 6.04 Å². The van der Waals surface area contributed by atoms with Crippen LogP contribution >= 0.6 is 12.4 Å². The summed E-state index contributed by atoms with van der Waals surface area (Å²) in [6.45, 7) is 4.28. The molecule has 0 heterocycles. The van der Waals surface area contributed by atoms with Gasteiger partial charge in [-0.3, -0.25) is 4.90 Å². The minimum Gasteiger partial charge on any atom is -0.369 e. The highest BCUT2D eigenvalue weighted by molar-refractivity contribution is 5.85. The number of nitrogens with zero attached hydrogens (tertiary/aromatic N) is 1. The lowest BCUT2D eigenvalue weighted by molar-refractivity contribution is 0.144. The van der Waals surface area contributed by atoms with Crippen molar-refractivity contribution in [2.75, 3.05) is 14.1 Å². The molecule has 1 unspecified atom stereocenters. The summed E-state index contributed by atoms with van der Waals surface area (Å²) in [7, 11) is 4.03. The van der Waals surface area contributed by atoms with Crippen molar-refractivity contribution in [2.45, 2.75) is 25.5 Å². The molecule has 0 fully saturated rings. The molecule has 0 saturated heterocycles. The molecule has 1 N–H and O–H groups in total. The van der Waals surface area contributed by atoms with Gasteiger partial charge in [-0.05, 0) is 20.0 Å². The average Bonchev–Trinajstić information content (AvgIpc) is 2.55. The lowest BCUT2D eigenvalue weighted by Gasteiger charge is -2.26. The predicted octanol–water partition coefficient (Wildman–Crippen LogP) is 3.93. The number of hydrogen-bond acceptors (Lipinski definition) is 2. The maximum absolute atomic E-state index is 11.4. The summed E-state index contributed by atoms with van der Waals surface area (Å²) in [5, 5.41) is 11.4. The average molecular weight is 344 g/mol. The molecule has 3 heteroatoms. The van der Waals surface area contributed by atoms with Gasteiger partial charge in [0, 0.05) is 11.1 Å². The van der Waals surface area contributed by atoms with Crippen LogP contribution in [0.4, 0.5) is 0 Å². The van der Waals surface area contributed by atoms with Crippen molar-refractivity contribution in [3.05, 3.63) is 71.8 Å². The van der Waals surface area contributed by atoms with E-state index in [-0.39, 0.29) is 18.4 Å². The Hall–Kier alpha value is -1.79. The minimum atomic E-state index is -1.30. The molecule has 0 spiro atoms. The largest absolute Gasteiger partial charge is 0.369 e. The molecule has 24 heavy (non-hydrogen) atoms. The van der Waals surface area contributed by atoms with Crippen LogP contribution in [0.3, 0.4) is 0 Å². The summed E-state index contributed by atoms with van der Waals surface area (Å²) in [6.07, 6.45) is 0. The van der Waals surface area contributed by atoms with Crippen LogP contribution in [0.15, 0.2) is 60.7 Å². The van der Waals surface area contributed by atoms with E-state index in [1.807, 2.05) is 74.8 Å². The van der Waals surface area contributed by atoms with E-state index in [1.54, 1.807) is 0 Å². The Kier molecular flexibility index (Phi) is 7.51. The Balaban J connectivity index is 0.00000288. The predicted molar refractivity (Wildman–Crippen MR) is 103 cm³/mol. The Morgan fingerprint density at radius 3 is 1.62 bits per heavy atom. The molecule has 2 nitrogen and oxygen atoms in total. The fourth-order valence-corrected chi connectivity index (χ4v) is 2.74. The quantitative estimate of drug-likeness (QED) is 0.850. The molecule has 0 radical (unpaired) electrons. The van der Waals surface area contributed by atoms with Gasteiger partial charge in [-0.25, -0.2) is 0 Å². The lowest BCUT2D eigenvalue weighted by atomic mass is 9.86. The first-order valence-electron chi connectivity index (χ1n) is 7.97. The zero-order valence-electron chi connectivity index (χ0n) is 14.7. The van der Waals surface area contributed by atoms with Crippen molar-refractivity contribution in [3.8, 4) is 11.8 Å². The molecule has 2 aromatic carbocycles. The van der Waals surface area contributed by atoms with Crippen molar-refractivity contribution in [2.24, 2.45) is 5.92 Å². The van der Waals surface area contributed by atoms with E-state index in [0.29, 0.717) is 5.92 Å². The Morgan fingerprint density at radius 1 is 0.875 bits per heavy atom. The molecule has 2 aromatic rings. The van der Waals surface area contributed by atoms with Gasteiger partial charge in [0.15, 0.2) is 5.60 Å². The molecule has 0 amide bonds. The Labute approximate surface area is 151 Å². The van der Waals surface area contributed by atoms with E-state index in [2.05, 4.69) is 30.6 Å². The molecule has 0 aliphatic rings. The Morgan fingerprint density at radius 2 is 1.29 bits per heavy atom. The highest BCUT2D eigenvalue weighted by Crippen LogP contribution is 2.29. The van der Waals surface area contributed by atoms with Gasteiger partial charge in [0.1, 0.15) is 0 Å². The molecule has 128 valence electrons. The van der Waals surface area contributed by atoms with Crippen LogP contribution in [-0.2, 0) is 5.60 Å². The second kappa shape index (κ2) is 8.89. The number of hydrogen-bond donors (Lipinski definition) is 1. The summed E-state index contributed by atoms with van der Waals surface area (Å²) in [5.74, 6) is 6.82. The highest BCUT2D eigenvalue weighted by Gasteiger charge is 2.29. The van der Waals surface area contributed by atoms with E-state index in [1.165, 1.54) is 0 Å². The molecule has 0 aliphatic carbocycles. The third kappa shape index (κ3) is 4.61. The van der Waals surface area contributed by atoms with Crippen LogP contribution in [0.5, 0.6) is 0 Å².